The summed E-state index contributed by atoms with van der Waals surface area (Å²) in [6.45, 7) is 15.3. The van der Waals surface area contributed by atoms with Crippen molar-refractivity contribution in [2.75, 3.05) is 19.6 Å². The molecule has 0 radical (unpaired) electrons. The van der Waals surface area contributed by atoms with Gasteiger partial charge in [0.1, 0.15) is 0 Å². The van der Waals surface area contributed by atoms with Crippen LogP contribution in [0.25, 0.3) is 0 Å². The van der Waals surface area contributed by atoms with Crippen LogP contribution in [0.15, 0.2) is 0 Å². The predicted molar refractivity (Wildman–Crippen MR) is 71.7 cm³/mol. The Kier molecular flexibility index (Phi) is 5.77. The first-order valence-electron chi connectivity index (χ1n) is 7.05. The van der Waals surface area contributed by atoms with Crippen LogP contribution in [0, 0.1) is 11.8 Å². The van der Waals surface area contributed by atoms with E-state index in [9.17, 15) is 0 Å². The summed E-state index contributed by atoms with van der Waals surface area (Å²) in [5, 5.41) is 3.68. The molecule has 2 heteroatoms. The van der Waals surface area contributed by atoms with Crippen LogP contribution >= 0.6 is 0 Å². The second kappa shape index (κ2) is 6.61. The van der Waals surface area contributed by atoms with Crippen molar-refractivity contribution in [1.29, 1.82) is 0 Å². The minimum absolute atomic E-state index is 0.707. The molecule has 1 fully saturated rings. The number of nitrogens with zero attached hydrogens (tertiary/aromatic N) is 1. The van der Waals surface area contributed by atoms with E-state index in [1.54, 1.807) is 0 Å². The van der Waals surface area contributed by atoms with Gasteiger partial charge in [-0.15, -0.1) is 0 Å². The average molecular weight is 226 g/mol. The second-order valence-corrected chi connectivity index (χ2v) is 5.79. The Hall–Kier alpha value is -0.0800. The molecule has 0 aliphatic carbocycles. The molecule has 3 atom stereocenters. The monoisotopic (exact) mass is 226 g/mol. The smallest absolute Gasteiger partial charge is 0.0244 e. The lowest BCUT2D eigenvalue weighted by Gasteiger charge is -2.43. The van der Waals surface area contributed by atoms with Crippen molar-refractivity contribution in [3.63, 3.8) is 0 Å². The summed E-state index contributed by atoms with van der Waals surface area (Å²) in [4.78, 5) is 2.73. The maximum Gasteiger partial charge on any atom is 0.0244 e. The highest BCUT2D eigenvalue weighted by molar-refractivity contribution is 4.87. The standard InChI is InChI=1S/C14H30N2/c1-6-12(5)9-16-10-13(7-2)15-8-14(16)11(3)4/h11-15H,6-10H2,1-5H3. The third kappa shape index (κ3) is 3.74. The van der Waals surface area contributed by atoms with Gasteiger partial charge in [0, 0.05) is 31.7 Å². The number of rotatable bonds is 5. The molecular formula is C14H30N2. The van der Waals surface area contributed by atoms with Crippen molar-refractivity contribution < 1.29 is 0 Å². The van der Waals surface area contributed by atoms with Crippen molar-refractivity contribution in [3.05, 3.63) is 0 Å². The van der Waals surface area contributed by atoms with Crippen LogP contribution in [0.5, 0.6) is 0 Å². The van der Waals surface area contributed by atoms with Crippen molar-refractivity contribution >= 4 is 0 Å². The lowest BCUT2D eigenvalue weighted by Crippen LogP contribution is -2.58. The van der Waals surface area contributed by atoms with Crippen LogP contribution < -0.4 is 5.32 Å². The maximum absolute atomic E-state index is 3.68. The zero-order chi connectivity index (χ0) is 12.1. The molecule has 1 saturated heterocycles. The van der Waals surface area contributed by atoms with E-state index in [1.807, 2.05) is 0 Å². The molecule has 1 aliphatic heterocycles. The molecule has 1 heterocycles. The summed E-state index contributed by atoms with van der Waals surface area (Å²) < 4.78 is 0. The molecule has 0 bridgehead atoms. The Balaban J connectivity index is 2.56. The fraction of sp³-hybridized carbons (Fsp3) is 1.00. The highest BCUT2D eigenvalue weighted by Crippen LogP contribution is 2.18. The largest absolute Gasteiger partial charge is 0.311 e. The van der Waals surface area contributed by atoms with E-state index in [-0.39, 0.29) is 0 Å². The molecule has 1 rings (SSSR count). The van der Waals surface area contributed by atoms with E-state index in [0.29, 0.717) is 6.04 Å². The first kappa shape index (κ1) is 14.0. The minimum Gasteiger partial charge on any atom is -0.311 e. The highest BCUT2D eigenvalue weighted by Gasteiger charge is 2.29. The summed E-state index contributed by atoms with van der Waals surface area (Å²) in [5.74, 6) is 1.59. The molecule has 0 aromatic carbocycles. The zero-order valence-corrected chi connectivity index (χ0v) is 11.8. The average Bonchev–Trinajstić information content (AvgIpc) is 2.28. The molecule has 2 nitrogen and oxygen atoms in total. The van der Waals surface area contributed by atoms with Gasteiger partial charge in [0.05, 0.1) is 0 Å². The number of hydrogen-bond acceptors (Lipinski definition) is 2. The molecule has 96 valence electrons. The van der Waals surface area contributed by atoms with E-state index in [4.69, 9.17) is 0 Å². The number of nitrogens with one attached hydrogen (secondary N) is 1. The van der Waals surface area contributed by atoms with E-state index in [0.717, 1.165) is 17.9 Å². The fourth-order valence-electron chi connectivity index (χ4n) is 2.57. The summed E-state index contributed by atoms with van der Waals surface area (Å²) in [6.07, 6.45) is 2.55. The Morgan fingerprint density at radius 2 is 1.94 bits per heavy atom. The van der Waals surface area contributed by atoms with Gasteiger partial charge in [-0.3, -0.25) is 4.90 Å². The van der Waals surface area contributed by atoms with E-state index >= 15 is 0 Å². The van der Waals surface area contributed by atoms with Crippen molar-refractivity contribution in [3.8, 4) is 0 Å². The molecule has 3 unspecified atom stereocenters. The highest BCUT2D eigenvalue weighted by atomic mass is 15.2. The SMILES string of the molecule is CCC(C)CN1CC(CC)NCC1C(C)C. The van der Waals surface area contributed by atoms with Crippen molar-refractivity contribution in [2.24, 2.45) is 11.8 Å². The van der Waals surface area contributed by atoms with Crippen LogP contribution in [0.3, 0.4) is 0 Å². The maximum atomic E-state index is 3.68. The van der Waals surface area contributed by atoms with Gasteiger partial charge in [0.2, 0.25) is 0 Å². The minimum atomic E-state index is 0.707. The van der Waals surface area contributed by atoms with Gasteiger partial charge >= 0.3 is 0 Å². The molecular weight excluding hydrogens is 196 g/mol. The van der Waals surface area contributed by atoms with E-state index in [1.165, 1.54) is 32.5 Å². The number of piperazine rings is 1. The molecule has 1 aliphatic rings. The topological polar surface area (TPSA) is 15.3 Å². The molecule has 0 aromatic heterocycles. The summed E-state index contributed by atoms with van der Waals surface area (Å²) >= 11 is 0. The van der Waals surface area contributed by atoms with Crippen LogP contribution in [0.2, 0.25) is 0 Å². The summed E-state index contributed by atoms with van der Waals surface area (Å²) in [5.41, 5.74) is 0. The first-order valence-corrected chi connectivity index (χ1v) is 7.05. The van der Waals surface area contributed by atoms with Gasteiger partial charge in [-0.1, -0.05) is 41.0 Å². The van der Waals surface area contributed by atoms with E-state index in [2.05, 4.69) is 44.8 Å². The molecule has 0 spiro atoms. The van der Waals surface area contributed by atoms with Gasteiger partial charge < -0.3 is 5.32 Å². The van der Waals surface area contributed by atoms with Crippen molar-refractivity contribution in [2.45, 2.75) is 59.5 Å². The van der Waals surface area contributed by atoms with Crippen LogP contribution in [0.4, 0.5) is 0 Å². The van der Waals surface area contributed by atoms with Gasteiger partial charge in [-0.2, -0.15) is 0 Å². The zero-order valence-electron chi connectivity index (χ0n) is 11.8. The molecule has 16 heavy (non-hydrogen) atoms. The Morgan fingerprint density at radius 1 is 1.25 bits per heavy atom. The Labute approximate surface area is 102 Å². The normalized spacial score (nSPS) is 29.6. The molecule has 0 aromatic rings. The first-order chi connectivity index (χ1) is 7.58. The quantitative estimate of drug-likeness (QED) is 0.775. The van der Waals surface area contributed by atoms with Crippen molar-refractivity contribution in [1.82, 2.24) is 10.2 Å². The Morgan fingerprint density at radius 3 is 2.44 bits per heavy atom. The summed E-state index contributed by atoms with van der Waals surface area (Å²) in [7, 11) is 0. The van der Waals surface area contributed by atoms with Gasteiger partial charge in [-0.25, -0.2) is 0 Å². The summed E-state index contributed by atoms with van der Waals surface area (Å²) in [6, 6.07) is 1.44. The fourth-order valence-corrected chi connectivity index (χ4v) is 2.57. The van der Waals surface area contributed by atoms with Gasteiger partial charge in [-0.05, 0) is 18.3 Å². The van der Waals surface area contributed by atoms with E-state index < -0.39 is 0 Å². The lowest BCUT2D eigenvalue weighted by molar-refractivity contribution is 0.0823. The third-order valence-corrected chi connectivity index (χ3v) is 4.05. The van der Waals surface area contributed by atoms with Crippen LogP contribution in [0.1, 0.15) is 47.5 Å². The molecule has 0 saturated carbocycles. The second-order valence-electron chi connectivity index (χ2n) is 5.79. The molecule has 0 amide bonds. The van der Waals surface area contributed by atoms with Crippen LogP contribution in [-0.4, -0.2) is 36.6 Å². The third-order valence-electron chi connectivity index (χ3n) is 4.05. The number of hydrogen-bond donors (Lipinski definition) is 1. The Bertz CT molecular complexity index is 189. The lowest BCUT2D eigenvalue weighted by atomic mass is 9.96. The molecule has 1 N–H and O–H groups in total. The van der Waals surface area contributed by atoms with Gasteiger partial charge in [0.25, 0.3) is 0 Å². The van der Waals surface area contributed by atoms with Gasteiger partial charge in [0.15, 0.2) is 0 Å². The van der Waals surface area contributed by atoms with Crippen LogP contribution in [-0.2, 0) is 0 Å². The predicted octanol–water partition coefficient (Wildman–Crippen LogP) is 2.74.